The van der Waals surface area contributed by atoms with Crippen LogP contribution in [-0.4, -0.2) is 93.8 Å². The molecule has 0 N–H and O–H groups in total. The Bertz CT molecular complexity index is 966. The summed E-state index contributed by atoms with van der Waals surface area (Å²) in [5.41, 5.74) is 2.60. The van der Waals surface area contributed by atoms with Gasteiger partial charge in [0.15, 0.2) is 0 Å². The SMILES string of the molecule is COc1cc(OC)cc(C(=O)N2CCc3nc(N4CCN(C)CC4)nc(N(C)C)c3C2)c1. The van der Waals surface area contributed by atoms with Gasteiger partial charge in [0.25, 0.3) is 5.91 Å². The molecule has 2 aliphatic rings. The number of hydrogen-bond acceptors (Lipinski definition) is 8. The summed E-state index contributed by atoms with van der Waals surface area (Å²) in [6.07, 6.45) is 0.701. The molecule has 0 saturated carbocycles. The van der Waals surface area contributed by atoms with Crippen molar-refractivity contribution in [1.29, 1.82) is 0 Å². The van der Waals surface area contributed by atoms with Gasteiger partial charge in [-0.3, -0.25) is 4.79 Å². The highest BCUT2D eigenvalue weighted by Crippen LogP contribution is 2.30. The summed E-state index contributed by atoms with van der Waals surface area (Å²) in [5, 5.41) is 0. The molecule has 9 nitrogen and oxygen atoms in total. The molecular weight excluding hydrogens is 408 g/mol. The van der Waals surface area contributed by atoms with Gasteiger partial charge in [-0.05, 0) is 19.2 Å². The number of likely N-dealkylation sites (N-methyl/N-ethyl adjacent to an activating group) is 1. The minimum atomic E-state index is -0.0549. The Labute approximate surface area is 189 Å². The van der Waals surface area contributed by atoms with E-state index in [1.807, 2.05) is 23.9 Å². The van der Waals surface area contributed by atoms with Crippen LogP contribution in [0.5, 0.6) is 11.5 Å². The van der Waals surface area contributed by atoms with Gasteiger partial charge in [0.2, 0.25) is 5.95 Å². The second-order valence-corrected chi connectivity index (χ2v) is 8.54. The van der Waals surface area contributed by atoms with Crippen molar-refractivity contribution in [2.45, 2.75) is 13.0 Å². The number of aromatic nitrogens is 2. The lowest BCUT2D eigenvalue weighted by atomic mass is 10.0. The van der Waals surface area contributed by atoms with Crippen molar-refractivity contribution in [1.82, 2.24) is 19.8 Å². The number of rotatable bonds is 5. The number of ether oxygens (including phenoxy) is 2. The van der Waals surface area contributed by atoms with Gasteiger partial charge in [0.05, 0.1) is 26.5 Å². The van der Waals surface area contributed by atoms with Crippen molar-refractivity contribution in [3.8, 4) is 11.5 Å². The van der Waals surface area contributed by atoms with Crippen LogP contribution >= 0.6 is 0 Å². The number of methoxy groups -OCH3 is 2. The van der Waals surface area contributed by atoms with E-state index in [-0.39, 0.29) is 5.91 Å². The van der Waals surface area contributed by atoms with Crippen molar-refractivity contribution in [3.05, 3.63) is 35.0 Å². The number of carbonyl (C=O) groups is 1. The normalized spacial score (nSPS) is 16.5. The van der Waals surface area contributed by atoms with Gasteiger partial charge in [0, 0.05) is 70.4 Å². The summed E-state index contributed by atoms with van der Waals surface area (Å²) in [5.74, 6) is 2.81. The number of anilines is 2. The third-order valence-corrected chi connectivity index (χ3v) is 6.12. The lowest BCUT2D eigenvalue weighted by Crippen LogP contribution is -2.45. The first kappa shape index (κ1) is 22.1. The first-order valence-corrected chi connectivity index (χ1v) is 10.9. The summed E-state index contributed by atoms with van der Waals surface area (Å²) >= 11 is 0. The molecule has 0 unspecified atom stereocenters. The zero-order chi connectivity index (χ0) is 22.8. The van der Waals surface area contributed by atoms with E-state index in [1.165, 1.54) is 0 Å². The number of piperazine rings is 1. The van der Waals surface area contributed by atoms with Crippen LogP contribution in [0.15, 0.2) is 18.2 Å². The summed E-state index contributed by atoms with van der Waals surface area (Å²) in [4.78, 5) is 31.6. The van der Waals surface area contributed by atoms with Crippen LogP contribution in [-0.2, 0) is 13.0 Å². The molecule has 3 heterocycles. The molecule has 2 aliphatic heterocycles. The van der Waals surface area contributed by atoms with Gasteiger partial charge in [-0.2, -0.15) is 4.98 Å². The minimum Gasteiger partial charge on any atom is -0.497 e. The third kappa shape index (κ3) is 4.43. The van der Waals surface area contributed by atoms with E-state index in [1.54, 1.807) is 32.4 Å². The molecule has 1 fully saturated rings. The molecule has 1 aromatic heterocycles. The highest BCUT2D eigenvalue weighted by molar-refractivity contribution is 5.95. The number of benzene rings is 1. The maximum Gasteiger partial charge on any atom is 0.254 e. The first-order valence-electron chi connectivity index (χ1n) is 10.9. The Hall–Kier alpha value is -3.07. The first-order chi connectivity index (χ1) is 15.4. The second-order valence-electron chi connectivity index (χ2n) is 8.54. The Balaban J connectivity index is 1.61. The van der Waals surface area contributed by atoms with Gasteiger partial charge >= 0.3 is 0 Å². The van der Waals surface area contributed by atoms with Crippen molar-refractivity contribution >= 4 is 17.7 Å². The lowest BCUT2D eigenvalue weighted by molar-refractivity contribution is 0.0733. The standard InChI is InChI=1S/C23H32N6O3/c1-26(2)21-19-15-29(22(30)16-12-17(31-4)14-18(13-16)32-5)7-6-20(19)24-23(25-21)28-10-8-27(3)9-11-28/h12-14H,6-11,15H2,1-5H3. The maximum absolute atomic E-state index is 13.3. The largest absolute Gasteiger partial charge is 0.497 e. The average molecular weight is 441 g/mol. The fourth-order valence-corrected chi connectivity index (χ4v) is 4.19. The van der Waals surface area contributed by atoms with E-state index in [0.717, 1.165) is 49.2 Å². The van der Waals surface area contributed by atoms with Crippen LogP contribution in [0.3, 0.4) is 0 Å². The van der Waals surface area contributed by atoms with Gasteiger partial charge in [-0.25, -0.2) is 4.98 Å². The lowest BCUT2D eigenvalue weighted by Gasteiger charge is -2.35. The van der Waals surface area contributed by atoms with Crippen molar-refractivity contribution in [2.75, 3.05) is 77.9 Å². The number of hydrogen-bond donors (Lipinski definition) is 0. The van der Waals surface area contributed by atoms with E-state index >= 15 is 0 Å². The molecule has 1 saturated heterocycles. The zero-order valence-corrected chi connectivity index (χ0v) is 19.6. The van der Waals surface area contributed by atoms with Crippen LogP contribution in [0.4, 0.5) is 11.8 Å². The molecule has 172 valence electrons. The van der Waals surface area contributed by atoms with Crippen LogP contribution in [0.1, 0.15) is 21.6 Å². The average Bonchev–Trinajstić information content (AvgIpc) is 2.82. The molecule has 0 spiro atoms. The van der Waals surface area contributed by atoms with Gasteiger partial charge in [0.1, 0.15) is 17.3 Å². The molecule has 32 heavy (non-hydrogen) atoms. The molecule has 0 bridgehead atoms. The van der Waals surface area contributed by atoms with Gasteiger partial charge in [-0.15, -0.1) is 0 Å². The van der Waals surface area contributed by atoms with Gasteiger partial charge < -0.3 is 29.1 Å². The monoisotopic (exact) mass is 440 g/mol. The fourth-order valence-electron chi connectivity index (χ4n) is 4.19. The highest BCUT2D eigenvalue weighted by atomic mass is 16.5. The van der Waals surface area contributed by atoms with E-state index in [0.29, 0.717) is 36.6 Å². The number of amides is 1. The summed E-state index contributed by atoms with van der Waals surface area (Å²) in [6.45, 7) is 4.94. The Morgan fingerprint density at radius 1 is 0.969 bits per heavy atom. The summed E-state index contributed by atoms with van der Waals surface area (Å²) in [7, 11) is 9.28. The predicted molar refractivity (Wildman–Crippen MR) is 124 cm³/mol. The number of nitrogens with zero attached hydrogens (tertiary/aromatic N) is 6. The highest BCUT2D eigenvalue weighted by Gasteiger charge is 2.29. The van der Waals surface area contributed by atoms with E-state index in [4.69, 9.17) is 19.4 Å². The fraction of sp³-hybridized carbons (Fsp3) is 0.522. The summed E-state index contributed by atoms with van der Waals surface area (Å²) < 4.78 is 10.7. The van der Waals surface area contributed by atoms with Crippen LogP contribution in [0.2, 0.25) is 0 Å². The van der Waals surface area contributed by atoms with Crippen molar-refractivity contribution in [3.63, 3.8) is 0 Å². The number of fused-ring (bicyclic) bond motifs is 1. The minimum absolute atomic E-state index is 0.0549. The van der Waals surface area contributed by atoms with E-state index in [9.17, 15) is 4.79 Å². The second kappa shape index (κ2) is 9.20. The smallest absolute Gasteiger partial charge is 0.254 e. The molecule has 4 rings (SSSR count). The van der Waals surface area contributed by atoms with E-state index in [2.05, 4.69) is 16.8 Å². The van der Waals surface area contributed by atoms with Crippen LogP contribution in [0.25, 0.3) is 0 Å². The van der Waals surface area contributed by atoms with Gasteiger partial charge in [-0.1, -0.05) is 0 Å². The molecular formula is C23H32N6O3. The third-order valence-electron chi connectivity index (χ3n) is 6.12. The topological polar surface area (TPSA) is 74.3 Å². The zero-order valence-electron chi connectivity index (χ0n) is 19.6. The molecule has 1 aromatic carbocycles. The molecule has 0 aliphatic carbocycles. The molecule has 9 heteroatoms. The van der Waals surface area contributed by atoms with E-state index < -0.39 is 0 Å². The number of carbonyl (C=O) groups excluding carboxylic acids is 1. The molecule has 1 amide bonds. The Kier molecular flexibility index (Phi) is 6.36. The summed E-state index contributed by atoms with van der Waals surface area (Å²) in [6, 6.07) is 5.26. The molecule has 0 radical (unpaired) electrons. The Morgan fingerprint density at radius 2 is 1.62 bits per heavy atom. The van der Waals surface area contributed by atoms with Crippen LogP contribution in [0, 0.1) is 0 Å². The predicted octanol–water partition coefficient (Wildman–Crippen LogP) is 1.51. The molecule has 2 aromatic rings. The van der Waals surface area contributed by atoms with Crippen molar-refractivity contribution in [2.24, 2.45) is 0 Å². The maximum atomic E-state index is 13.3. The van der Waals surface area contributed by atoms with Crippen molar-refractivity contribution < 1.29 is 14.3 Å². The molecule has 0 atom stereocenters. The van der Waals surface area contributed by atoms with Crippen LogP contribution < -0.4 is 19.3 Å². The quantitative estimate of drug-likeness (QED) is 0.693. The Morgan fingerprint density at radius 3 is 2.22 bits per heavy atom.